The lowest BCUT2D eigenvalue weighted by Gasteiger charge is -2.25. The molecule has 1 atom stereocenters. The smallest absolute Gasteiger partial charge is 0.154 e. The summed E-state index contributed by atoms with van der Waals surface area (Å²) in [5.74, 6) is 0.628. The van der Waals surface area contributed by atoms with E-state index in [-0.39, 0.29) is 11.9 Å². The lowest BCUT2D eigenvalue weighted by atomic mass is 10.1. The summed E-state index contributed by atoms with van der Waals surface area (Å²) in [6, 6.07) is 8.47. The van der Waals surface area contributed by atoms with Crippen LogP contribution in [-0.4, -0.2) is 6.54 Å². The molecule has 1 N–H and O–H groups in total. The van der Waals surface area contributed by atoms with Crippen LogP contribution < -0.4 is 10.1 Å². The molecule has 2 heterocycles. The third-order valence-electron chi connectivity index (χ3n) is 2.57. The Bertz CT molecular complexity index is 511. The summed E-state index contributed by atoms with van der Waals surface area (Å²) in [4.78, 5) is 0. The van der Waals surface area contributed by atoms with Gasteiger partial charge < -0.3 is 10.1 Å². The standard InChI is InChI=1S/C12H10FNOS/c13-9-3-1-2-8(6-9)11-7-14-12-10(15-11)4-5-16-12/h1-6,11,14H,7H2. The number of hydrogen-bond acceptors (Lipinski definition) is 3. The molecule has 0 amide bonds. The Morgan fingerprint density at radius 3 is 3.19 bits per heavy atom. The first-order chi connectivity index (χ1) is 7.83. The Morgan fingerprint density at radius 1 is 1.38 bits per heavy atom. The molecule has 1 unspecified atom stereocenters. The van der Waals surface area contributed by atoms with Gasteiger partial charge in [0.25, 0.3) is 0 Å². The minimum Gasteiger partial charge on any atom is -0.481 e. The van der Waals surface area contributed by atoms with Crippen LogP contribution in [0.3, 0.4) is 0 Å². The van der Waals surface area contributed by atoms with Crippen molar-refractivity contribution in [2.45, 2.75) is 6.10 Å². The van der Waals surface area contributed by atoms with E-state index >= 15 is 0 Å². The highest BCUT2D eigenvalue weighted by atomic mass is 32.1. The number of thiophene rings is 1. The van der Waals surface area contributed by atoms with E-state index in [2.05, 4.69) is 5.32 Å². The quantitative estimate of drug-likeness (QED) is 0.817. The lowest BCUT2D eigenvalue weighted by Crippen LogP contribution is -2.22. The Labute approximate surface area is 96.7 Å². The van der Waals surface area contributed by atoms with Gasteiger partial charge in [-0.25, -0.2) is 4.39 Å². The third kappa shape index (κ3) is 1.65. The van der Waals surface area contributed by atoms with Crippen LogP contribution in [0.25, 0.3) is 0 Å². The highest BCUT2D eigenvalue weighted by Crippen LogP contribution is 2.38. The maximum Gasteiger partial charge on any atom is 0.154 e. The zero-order valence-electron chi connectivity index (χ0n) is 8.44. The molecule has 0 aliphatic carbocycles. The van der Waals surface area contributed by atoms with Crippen molar-refractivity contribution in [2.24, 2.45) is 0 Å². The van der Waals surface area contributed by atoms with Crippen molar-refractivity contribution in [3.8, 4) is 5.75 Å². The molecule has 1 aliphatic heterocycles. The first-order valence-corrected chi connectivity index (χ1v) is 5.94. The Morgan fingerprint density at radius 2 is 2.31 bits per heavy atom. The maximum absolute atomic E-state index is 13.1. The van der Waals surface area contributed by atoms with Gasteiger partial charge in [-0.05, 0) is 29.1 Å². The predicted molar refractivity (Wildman–Crippen MR) is 62.6 cm³/mol. The topological polar surface area (TPSA) is 21.3 Å². The molecule has 0 saturated heterocycles. The number of ether oxygens (including phenoxy) is 1. The van der Waals surface area contributed by atoms with Crippen LogP contribution in [-0.2, 0) is 0 Å². The van der Waals surface area contributed by atoms with Crippen molar-refractivity contribution in [2.75, 3.05) is 11.9 Å². The summed E-state index contributed by atoms with van der Waals surface area (Å²) in [7, 11) is 0. The Kier molecular flexibility index (Phi) is 2.29. The third-order valence-corrected chi connectivity index (χ3v) is 3.42. The maximum atomic E-state index is 13.1. The number of hydrogen-bond donors (Lipinski definition) is 1. The van der Waals surface area contributed by atoms with Crippen LogP contribution >= 0.6 is 11.3 Å². The minimum atomic E-state index is -0.225. The van der Waals surface area contributed by atoms with Crippen molar-refractivity contribution < 1.29 is 9.13 Å². The Balaban J connectivity index is 1.88. The summed E-state index contributed by atoms with van der Waals surface area (Å²) in [5, 5.41) is 6.31. The van der Waals surface area contributed by atoms with Crippen molar-refractivity contribution in [1.29, 1.82) is 0 Å². The highest BCUT2D eigenvalue weighted by molar-refractivity contribution is 7.14. The summed E-state index contributed by atoms with van der Waals surface area (Å²) in [5.41, 5.74) is 0.865. The molecular formula is C12H10FNOS. The first-order valence-electron chi connectivity index (χ1n) is 5.06. The van der Waals surface area contributed by atoms with E-state index in [1.165, 1.54) is 12.1 Å². The fourth-order valence-electron chi connectivity index (χ4n) is 1.79. The molecular weight excluding hydrogens is 225 g/mol. The molecule has 1 aliphatic rings. The minimum absolute atomic E-state index is 0.113. The molecule has 1 aromatic heterocycles. The van der Waals surface area contributed by atoms with Crippen molar-refractivity contribution in [1.82, 2.24) is 0 Å². The van der Waals surface area contributed by atoms with Crippen LogP contribution in [0.15, 0.2) is 35.7 Å². The van der Waals surface area contributed by atoms with Gasteiger partial charge in [-0.1, -0.05) is 12.1 Å². The van der Waals surface area contributed by atoms with Crippen molar-refractivity contribution >= 4 is 16.3 Å². The second-order valence-corrected chi connectivity index (χ2v) is 4.57. The fourth-order valence-corrected chi connectivity index (χ4v) is 2.52. The molecule has 0 radical (unpaired) electrons. The lowest BCUT2D eigenvalue weighted by molar-refractivity contribution is 0.211. The summed E-state index contributed by atoms with van der Waals surface area (Å²) in [6.07, 6.45) is -0.113. The van der Waals surface area contributed by atoms with E-state index < -0.39 is 0 Å². The number of halogens is 1. The monoisotopic (exact) mass is 235 g/mol. The van der Waals surface area contributed by atoms with Gasteiger partial charge in [-0.15, -0.1) is 11.3 Å². The van der Waals surface area contributed by atoms with E-state index in [9.17, 15) is 4.39 Å². The predicted octanol–water partition coefficient (Wildman–Crippen LogP) is 3.43. The van der Waals surface area contributed by atoms with Crippen LogP contribution in [0.4, 0.5) is 9.39 Å². The van der Waals surface area contributed by atoms with Gasteiger partial charge in [-0.3, -0.25) is 0 Å². The molecule has 3 rings (SSSR count). The van der Waals surface area contributed by atoms with E-state index in [0.717, 1.165) is 16.3 Å². The Hall–Kier alpha value is -1.55. The summed E-state index contributed by atoms with van der Waals surface area (Å²) >= 11 is 1.62. The fraction of sp³-hybridized carbons (Fsp3) is 0.167. The number of nitrogens with one attached hydrogen (secondary N) is 1. The van der Waals surface area contributed by atoms with Crippen LogP contribution in [0.2, 0.25) is 0 Å². The average Bonchev–Trinajstić information content (AvgIpc) is 2.75. The molecule has 2 aromatic rings. The number of anilines is 1. The molecule has 0 bridgehead atoms. The van der Waals surface area contributed by atoms with Crippen molar-refractivity contribution in [3.63, 3.8) is 0 Å². The molecule has 2 nitrogen and oxygen atoms in total. The second kappa shape index (κ2) is 3.79. The average molecular weight is 235 g/mol. The normalized spacial score (nSPS) is 18.4. The van der Waals surface area contributed by atoms with Gasteiger partial charge in [0.1, 0.15) is 16.9 Å². The molecule has 4 heteroatoms. The summed E-state index contributed by atoms with van der Waals surface area (Å²) in [6.45, 7) is 0.678. The van der Waals surface area contributed by atoms with Gasteiger partial charge in [0.2, 0.25) is 0 Å². The molecule has 0 fully saturated rings. The zero-order chi connectivity index (χ0) is 11.0. The van der Waals surface area contributed by atoms with Gasteiger partial charge in [0, 0.05) is 0 Å². The van der Waals surface area contributed by atoms with Gasteiger partial charge in [0.15, 0.2) is 5.75 Å². The van der Waals surface area contributed by atoms with E-state index in [1.807, 2.05) is 17.5 Å². The first kappa shape index (κ1) is 9.66. The van der Waals surface area contributed by atoms with E-state index in [4.69, 9.17) is 4.74 Å². The highest BCUT2D eigenvalue weighted by Gasteiger charge is 2.21. The zero-order valence-corrected chi connectivity index (χ0v) is 9.26. The number of fused-ring (bicyclic) bond motifs is 1. The molecule has 0 spiro atoms. The van der Waals surface area contributed by atoms with Crippen LogP contribution in [0.5, 0.6) is 5.75 Å². The molecule has 82 valence electrons. The van der Waals surface area contributed by atoms with E-state index in [1.54, 1.807) is 17.4 Å². The summed E-state index contributed by atoms with van der Waals surface area (Å²) < 4.78 is 18.9. The van der Waals surface area contributed by atoms with Crippen LogP contribution in [0, 0.1) is 5.82 Å². The van der Waals surface area contributed by atoms with E-state index in [0.29, 0.717) is 6.54 Å². The molecule has 16 heavy (non-hydrogen) atoms. The SMILES string of the molecule is Fc1cccc(C2CNc3sccc3O2)c1. The molecule has 1 aromatic carbocycles. The number of benzene rings is 1. The van der Waals surface area contributed by atoms with Crippen molar-refractivity contribution in [3.05, 3.63) is 47.1 Å². The second-order valence-electron chi connectivity index (χ2n) is 3.66. The van der Waals surface area contributed by atoms with Crippen LogP contribution in [0.1, 0.15) is 11.7 Å². The van der Waals surface area contributed by atoms with Gasteiger partial charge >= 0.3 is 0 Å². The molecule has 0 saturated carbocycles. The number of rotatable bonds is 1. The largest absolute Gasteiger partial charge is 0.481 e. The van der Waals surface area contributed by atoms with Gasteiger partial charge in [-0.2, -0.15) is 0 Å². The van der Waals surface area contributed by atoms with Gasteiger partial charge in [0.05, 0.1) is 6.54 Å².